The number of rotatable bonds is 4. The molecule has 2 aliphatic carbocycles. The molecule has 1 nitrogen and oxygen atoms in total. The van der Waals surface area contributed by atoms with Crippen molar-refractivity contribution in [3.8, 4) is 0 Å². The Labute approximate surface area is 114 Å². The van der Waals surface area contributed by atoms with E-state index >= 15 is 0 Å². The van der Waals surface area contributed by atoms with Crippen LogP contribution in [-0.4, -0.2) is 13.1 Å². The fourth-order valence-corrected chi connectivity index (χ4v) is 4.67. The van der Waals surface area contributed by atoms with Crippen molar-refractivity contribution < 1.29 is 0 Å². The quantitative estimate of drug-likeness (QED) is 0.769. The van der Waals surface area contributed by atoms with Crippen molar-refractivity contribution in [3.05, 3.63) is 0 Å². The van der Waals surface area contributed by atoms with Gasteiger partial charge in [0.2, 0.25) is 0 Å². The molecule has 2 saturated carbocycles. The molecule has 0 bridgehead atoms. The normalized spacial score (nSPS) is 36.5. The molecule has 0 saturated heterocycles. The fourth-order valence-electron chi connectivity index (χ4n) is 4.67. The molecule has 0 aliphatic heterocycles. The predicted octanol–water partition coefficient (Wildman–Crippen LogP) is 4.62. The summed E-state index contributed by atoms with van der Waals surface area (Å²) >= 11 is 0. The molecule has 18 heavy (non-hydrogen) atoms. The van der Waals surface area contributed by atoms with Gasteiger partial charge in [-0.1, -0.05) is 46.0 Å². The van der Waals surface area contributed by atoms with Crippen molar-refractivity contribution in [2.75, 3.05) is 7.05 Å². The van der Waals surface area contributed by atoms with Crippen molar-refractivity contribution in [1.82, 2.24) is 5.32 Å². The average molecular weight is 251 g/mol. The van der Waals surface area contributed by atoms with Crippen LogP contribution in [0.2, 0.25) is 0 Å². The molecule has 106 valence electrons. The van der Waals surface area contributed by atoms with Crippen LogP contribution in [0.15, 0.2) is 0 Å². The highest BCUT2D eigenvalue weighted by molar-refractivity contribution is 4.85. The maximum absolute atomic E-state index is 3.66. The van der Waals surface area contributed by atoms with E-state index in [4.69, 9.17) is 0 Å². The molecule has 2 rings (SSSR count). The molecule has 2 aliphatic rings. The Balaban J connectivity index is 1.86. The van der Waals surface area contributed by atoms with E-state index in [9.17, 15) is 0 Å². The van der Waals surface area contributed by atoms with E-state index in [-0.39, 0.29) is 0 Å². The third-order valence-electron chi connectivity index (χ3n) is 5.47. The van der Waals surface area contributed by atoms with E-state index in [1.165, 1.54) is 57.8 Å². The minimum Gasteiger partial charge on any atom is -0.317 e. The van der Waals surface area contributed by atoms with Crippen molar-refractivity contribution in [2.24, 2.45) is 23.7 Å². The van der Waals surface area contributed by atoms with E-state index < -0.39 is 0 Å². The largest absolute Gasteiger partial charge is 0.317 e. The Morgan fingerprint density at radius 2 is 1.56 bits per heavy atom. The minimum atomic E-state index is 0.790. The maximum Gasteiger partial charge on any atom is 0.00951 e. The van der Waals surface area contributed by atoms with Crippen LogP contribution in [0.5, 0.6) is 0 Å². The summed E-state index contributed by atoms with van der Waals surface area (Å²) < 4.78 is 0. The second-order valence-corrected chi connectivity index (χ2v) is 7.31. The van der Waals surface area contributed by atoms with Crippen LogP contribution in [-0.2, 0) is 0 Å². The van der Waals surface area contributed by atoms with Crippen LogP contribution < -0.4 is 5.32 Å². The molecule has 1 heteroatoms. The summed E-state index contributed by atoms with van der Waals surface area (Å²) in [7, 11) is 2.19. The van der Waals surface area contributed by atoms with Gasteiger partial charge in [0.25, 0.3) is 0 Å². The zero-order valence-corrected chi connectivity index (χ0v) is 12.8. The van der Waals surface area contributed by atoms with Gasteiger partial charge in [0.15, 0.2) is 0 Å². The van der Waals surface area contributed by atoms with Gasteiger partial charge in [0.1, 0.15) is 0 Å². The van der Waals surface area contributed by atoms with E-state index in [1.54, 1.807) is 0 Å². The van der Waals surface area contributed by atoms with Gasteiger partial charge >= 0.3 is 0 Å². The first-order valence-electron chi connectivity index (χ1n) is 8.36. The van der Waals surface area contributed by atoms with Crippen molar-refractivity contribution in [2.45, 2.75) is 77.7 Å². The van der Waals surface area contributed by atoms with Gasteiger partial charge in [0.05, 0.1) is 0 Å². The van der Waals surface area contributed by atoms with Gasteiger partial charge in [0, 0.05) is 6.04 Å². The number of hydrogen-bond donors (Lipinski definition) is 1. The van der Waals surface area contributed by atoms with Crippen LogP contribution >= 0.6 is 0 Å². The lowest BCUT2D eigenvalue weighted by Gasteiger charge is -2.38. The summed E-state index contributed by atoms with van der Waals surface area (Å²) in [4.78, 5) is 0. The highest BCUT2D eigenvalue weighted by Crippen LogP contribution is 2.37. The molecular formula is C17H33N. The molecule has 0 heterocycles. The van der Waals surface area contributed by atoms with Crippen LogP contribution in [0.1, 0.15) is 71.6 Å². The third-order valence-corrected chi connectivity index (χ3v) is 5.47. The molecule has 2 fully saturated rings. The molecule has 3 unspecified atom stereocenters. The summed E-state index contributed by atoms with van der Waals surface area (Å²) in [5, 5.41) is 3.66. The van der Waals surface area contributed by atoms with Crippen LogP contribution in [0.4, 0.5) is 0 Å². The number of nitrogens with one attached hydrogen (secondary N) is 1. The van der Waals surface area contributed by atoms with Crippen molar-refractivity contribution in [1.29, 1.82) is 0 Å². The van der Waals surface area contributed by atoms with Crippen molar-refractivity contribution in [3.63, 3.8) is 0 Å². The zero-order chi connectivity index (χ0) is 13.0. The monoisotopic (exact) mass is 251 g/mol. The first-order chi connectivity index (χ1) is 8.69. The number of hydrogen-bond acceptors (Lipinski definition) is 1. The molecule has 0 aromatic heterocycles. The van der Waals surface area contributed by atoms with Gasteiger partial charge < -0.3 is 5.32 Å². The topological polar surface area (TPSA) is 12.0 Å². The molecular weight excluding hydrogens is 218 g/mol. The van der Waals surface area contributed by atoms with Crippen LogP contribution in [0.3, 0.4) is 0 Å². The second-order valence-electron chi connectivity index (χ2n) is 7.31. The lowest BCUT2D eigenvalue weighted by Crippen LogP contribution is -2.39. The van der Waals surface area contributed by atoms with E-state index in [0.717, 1.165) is 29.7 Å². The fraction of sp³-hybridized carbons (Fsp3) is 1.00. The summed E-state index contributed by atoms with van der Waals surface area (Å²) in [6.45, 7) is 4.91. The van der Waals surface area contributed by atoms with Crippen LogP contribution in [0.25, 0.3) is 0 Å². The first kappa shape index (κ1) is 14.4. The van der Waals surface area contributed by atoms with E-state index in [0.29, 0.717) is 0 Å². The maximum atomic E-state index is 3.66. The Hall–Kier alpha value is -0.0400. The minimum absolute atomic E-state index is 0.790. The molecule has 1 N–H and O–H groups in total. The van der Waals surface area contributed by atoms with Crippen LogP contribution in [0, 0.1) is 23.7 Å². The predicted molar refractivity (Wildman–Crippen MR) is 79.7 cm³/mol. The second kappa shape index (κ2) is 6.93. The van der Waals surface area contributed by atoms with Gasteiger partial charge in [-0.15, -0.1) is 0 Å². The van der Waals surface area contributed by atoms with E-state index in [2.05, 4.69) is 26.2 Å². The smallest absolute Gasteiger partial charge is 0.00951 e. The Kier molecular flexibility index (Phi) is 5.54. The summed E-state index contributed by atoms with van der Waals surface area (Å²) in [6, 6.07) is 0.790. The first-order valence-corrected chi connectivity index (χ1v) is 8.36. The third kappa shape index (κ3) is 3.98. The van der Waals surface area contributed by atoms with Crippen molar-refractivity contribution >= 4 is 0 Å². The van der Waals surface area contributed by atoms with E-state index in [1.807, 2.05) is 0 Å². The molecule has 3 atom stereocenters. The highest BCUT2D eigenvalue weighted by atomic mass is 14.9. The highest BCUT2D eigenvalue weighted by Gasteiger charge is 2.30. The molecule has 0 aromatic rings. The van der Waals surface area contributed by atoms with Gasteiger partial charge in [-0.2, -0.15) is 0 Å². The lowest BCUT2D eigenvalue weighted by atomic mass is 9.71. The summed E-state index contributed by atoms with van der Waals surface area (Å²) in [6.07, 6.45) is 13.3. The summed E-state index contributed by atoms with van der Waals surface area (Å²) in [5.41, 5.74) is 0. The Morgan fingerprint density at radius 3 is 2.11 bits per heavy atom. The van der Waals surface area contributed by atoms with Gasteiger partial charge in [-0.25, -0.2) is 0 Å². The zero-order valence-electron chi connectivity index (χ0n) is 12.8. The SMILES string of the molecule is CNC(CC1CCCCC1)C1CC(C)CC(C)C1. The molecule has 0 amide bonds. The standard InChI is InChI=1S/C17H33N/c1-13-9-14(2)11-16(10-13)17(18-3)12-15-7-5-4-6-8-15/h13-18H,4-12H2,1-3H3. The molecule has 0 radical (unpaired) electrons. The van der Waals surface area contributed by atoms with Gasteiger partial charge in [-0.3, -0.25) is 0 Å². The molecule has 0 aromatic carbocycles. The Bertz CT molecular complexity index is 222. The average Bonchev–Trinajstić information content (AvgIpc) is 2.36. The summed E-state index contributed by atoms with van der Waals surface area (Å²) in [5.74, 6) is 3.85. The Morgan fingerprint density at radius 1 is 0.944 bits per heavy atom. The molecule has 0 spiro atoms. The van der Waals surface area contributed by atoms with Gasteiger partial charge in [-0.05, 0) is 56.4 Å². The lowest BCUT2D eigenvalue weighted by molar-refractivity contribution is 0.157.